The van der Waals surface area contributed by atoms with Gasteiger partial charge in [0.2, 0.25) is 0 Å². The van der Waals surface area contributed by atoms with Crippen LogP contribution in [0.15, 0.2) is 17.4 Å². The molecule has 0 aromatic carbocycles. The van der Waals surface area contributed by atoms with E-state index in [1.54, 1.807) is 24.2 Å². The maximum atomic E-state index is 5.89. The zero-order valence-corrected chi connectivity index (χ0v) is 11.6. The number of hydrogen-bond donors (Lipinski definition) is 1. The first kappa shape index (κ1) is 14.7. The van der Waals surface area contributed by atoms with Crippen LogP contribution in [-0.2, 0) is 6.54 Å². The number of likely N-dealkylation sites (tertiary alicyclic amines) is 1. The lowest BCUT2D eigenvalue weighted by atomic mass is 10.1. The molecule has 0 saturated carbocycles. The van der Waals surface area contributed by atoms with Crippen LogP contribution >= 0.6 is 24.2 Å². The highest BCUT2D eigenvalue weighted by Crippen LogP contribution is 2.18. The topological polar surface area (TPSA) is 55.0 Å². The highest BCUT2D eigenvalue weighted by atomic mass is 35.5. The molecule has 1 aliphatic heterocycles. The van der Waals surface area contributed by atoms with Crippen LogP contribution in [0.3, 0.4) is 0 Å². The number of halogens is 1. The third-order valence-electron chi connectivity index (χ3n) is 2.93. The van der Waals surface area contributed by atoms with Gasteiger partial charge in [-0.1, -0.05) is 0 Å². The van der Waals surface area contributed by atoms with E-state index in [9.17, 15) is 0 Å². The summed E-state index contributed by atoms with van der Waals surface area (Å²) in [4.78, 5) is 11.1. The Balaban J connectivity index is 0.00000144. The van der Waals surface area contributed by atoms with Gasteiger partial charge in [-0.3, -0.25) is 9.88 Å². The normalized spacial score (nSPS) is 17.8. The Kier molecular flexibility index (Phi) is 6.19. The number of nitrogens with two attached hydrogens (primary N) is 1. The molecule has 0 aliphatic carbocycles. The number of piperidine rings is 1. The zero-order chi connectivity index (χ0) is 11.4. The highest BCUT2D eigenvalue weighted by Gasteiger charge is 2.17. The number of rotatable bonds is 3. The summed E-state index contributed by atoms with van der Waals surface area (Å²) in [5.41, 5.74) is 6.98. The van der Waals surface area contributed by atoms with Crippen LogP contribution in [-0.4, -0.2) is 40.3 Å². The average Bonchev–Trinajstić information content (AvgIpc) is 2.33. The second-order valence-electron chi connectivity index (χ2n) is 4.13. The summed E-state index contributed by atoms with van der Waals surface area (Å²) >= 11 is 1.66. The summed E-state index contributed by atoms with van der Waals surface area (Å²) in [6.07, 6.45) is 7.75. The largest absolute Gasteiger partial charge is 0.328 e. The molecule has 96 valence electrons. The Hall–Kier alpha value is -0.360. The predicted molar refractivity (Wildman–Crippen MR) is 73.5 cm³/mol. The third kappa shape index (κ3) is 4.10. The van der Waals surface area contributed by atoms with E-state index in [-0.39, 0.29) is 12.4 Å². The molecule has 0 bridgehead atoms. The van der Waals surface area contributed by atoms with Crippen molar-refractivity contribution >= 4 is 24.2 Å². The summed E-state index contributed by atoms with van der Waals surface area (Å²) in [5.74, 6) is 0. The van der Waals surface area contributed by atoms with Crippen molar-refractivity contribution in [3.63, 3.8) is 0 Å². The molecule has 0 unspecified atom stereocenters. The lowest BCUT2D eigenvalue weighted by Crippen LogP contribution is -2.39. The van der Waals surface area contributed by atoms with E-state index >= 15 is 0 Å². The Labute approximate surface area is 113 Å². The molecule has 2 rings (SSSR count). The van der Waals surface area contributed by atoms with Gasteiger partial charge in [0.1, 0.15) is 5.03 Å². The SMILES string of the molecule is CSc1nccnc1CN1CCC(N)CC1.Cl. The Morgan fingerprint density at radius 1 is 1.35 bits per heavy atom. The second-order valence-corrected chi connectivity index (χ2v) is 4.92. The summed E-state index contributed by atoms with van der Waals surface area (Å²) in [6.45, 7) is 3.05. The first-order chi connectivity index (χ1) is 7.79. The third-order valence-corrected chi connectivity index (χ3v) is 3.66. The van der Waals surface area contributed by atoms with Crippen molar-refractivity contribution < 1.29 is 0 Å². The lowest BCUT2D eigenvalue weighted by molar-refractivity contribution is 0.201. The van der Waals surface area contributed by atoms with Crippen molar-refractivity contribution in [2.24, 2.45) is 5.73 Å². The van der Waals surface area contributed by atoms with Crippen molar-refractivity contribution in [2.75, 3.05) is 19.3 Å². The molecular weight excluding hydrogens is 256 g/mol. The van der Waals surface area contributed by atoms with E-state index in [0.29, 0.717) is 6.04 Å². The van der Waals surface area contributed by atoms with Gasteiger partial charge in [-0.15, -0.1) is 24.2 Å². The Morgan fingerprint density at radius 2 is 2.00 bits per heavy atom. The molecule has 2 heterocycles. The molecule has 17 heavy (non-hydrogen) atoms. The van der Waals surface area contributed by atoms with Gasteiger partial charge >= 0.3 is 0 Å². The maximum absolute atomic E-state index is 5.89. The van der Waals surface area contributed by atoms with Gasteiger partial charge in [-0.05, 0) is 19.1 Å². The van der Waals surface area contributed by atoms with Crippen molar-refractivity contribution in [3.05, 3.63) is 18.1 Å². The van der Waals surface area contributed by atoms with Gasteiger partial charge in [0.05, 0.1) is 5.69 Å². The van der Waals surface area contributed by atoms with Gasteiger partial charge in [0.25, 0.3) is 0 Å². The molecule has 0 spiro atoms. The first-order valence-electron chi connectivity index (χ1n) is 5.61. The van der Waals surface area contributed by atoms with E-state index < -0.39 is 0 Å². The molecule has 6 heteroatoms. The van der Waals surface area contributed by atoms with Crippen molar-refractivity contribution in [1.82, 2.24) is 14.9 Å². The number of hydrogen-bond acceptors (Lipinski definition) is 5. The summed E-state index contributed by atoms with van der Waals surface area (Å²) in [5, 5.41) is 1.04. The molecule has 4 nitrogen and oxygen atoms in total. The molecule has 1 aromatic rings. The fourth-order valence-corrected chi connectivity index (χ4v) is 2.48. The number of nitrogens with zero attached hydrogens (tertiary/aromatic N) is 3. The minimum Gasteiger partial charge on any atom is -0.328 e. The smallest absolute Gasteiger partial charge is 0.119 e. The van der Waals surface area contributed by atoms with E-state index in [0.717, 1.165) is 43.2 Å². The van der Waals surface area contributed by atoms with Crippen LogP contribution < -0.4 is 5.73 Å². The van der Waals surface area contributed by atoms with Crippen molar-refractivity contribution in [1.29, 1.82) is 0 Å². The molecule has 1 fully saturated rings. The van der Waals surface area contributed by atoms with Crippen LogP contribution in [0.5, 0.6) is 0 Å². The lowest BCUT2D eigenvalue weighted by Gasteiger charge is -2.29. The van der Waals surface area contributed by atoms with Crippen molar-refractivity contribution in [3.8, 4) is 0 Å². The monoisotopic (exact) mass is 274 g/mol. The van der Waals surface area contributed by atoms with E-state index in [1.165, 1.54) is 0 Å². The molecule has 0 radical (unpaired) electrons. The van der Waals surface area contributed by atoms with Gasteiger partial charge < -0.3 is 5.73 Å². The molecule has 1 aliphatic rings. The summed E-state index contributed by atoms with van der Waals surface area (Å²) < 4.78 is 0. The maximum Gasteiger partial charge on any atom is 0.119 e. The molecule has 1 aromatic heterocycles. The van der Waals surface area contributed by atoms with Gasteiger partial charge in [-0.2, -0.15) is 0 Å². The first-order valence-corrected chi connectivity index (χ1v) is 6.84. The van der Waals surface area contributed by atoms with E-state index in [1.807, 2.05) is 6.26 Å². The van der Waals surface area contributed by atoms with E-state index in [2.05, 4.69) is 14.9 Å². The highest BCUT2D eigenvalue weighted by molar-refractivity contribution is 7.98. The molecule has 1 saturated heterocycles. The Bertz CT molecular complexity index is 342. The predicted octanol–water partition coefficient (Wildman–Crippen LogP) is 1.54. The summed E-state index contributed by atoms with van der Waals surface area (Å²) in [6, 6.07) is 0.387. The standard InChI is InChI=1S/C11H18N4S.ClH/c1-16-11-10(13-4-5-14-11)8-15-6-2-9(12)3-7-15;/h4-5,9H,2-3,6-8,12H2,1H3;1H. The fourth-order valence-electron chi connectivity index (χ4n) is 1.96. The molecule has 0 atom stereocenters. The van der Waals surface area contributed by atoms with Gasteiger partial charge in [0, 0.05) is 38.1 Å². The van der Waals surface area contributed by atoms with Crippen LogP contribution in [0.2, 0.25) is 0 Å². The van der Waals surface area contributed by atoms with Crippen LogP contribution in [0.25, 0.3) is 0 Å². The number of aromatic nitrogens is 2. The van der Waals surface area contributed by atoms with Crippen LogP contribution in [0.4, 0.5) is 0 Å². The molecule has 0 amide bonds. The number of thioether (sulfide) groups is 1. The van der Waals surface area contributed by atoms with Gasteiger partial charge in [-0.25, -0.2) is 4.98 Å². The van der Waals surface area contributed by atoms with Crippen LogP contribution in [0.1, 0.15) is 18.5 Å². The Morgan fingerprint density at radius 3 is 2.65 bits per heavy atom. The minimum absolute atomic E-state index is 0. The van der Waals surface area contributed by atoms with Crippen molar-refractivity contribution in [2.45, 2.75) is 30.5 Å². The van der Waals surface area contributed by atoms with Gasteiger partial charge in [0.15, 0.2) is 0 Å². The fraction of sp³-hybridized carbons (Fsp3) is 0.636. The summed E-state index contributed by atoms with van der Waals surface area (Å²) in [7, 11) is 0. The molecule has 2 N–H and O–H groups in total. The zero-order valence-electron chi connectivity index (χ0n) is 10.0. The van der Waals surface area contributed by atoms with Crippen LogP contribution in [0, 0.1) is 0 Å². The quantitative estimate of drug-likeness (QED) is 0.848. The minimum atomic E-state index is 0. The average molecular weight is 275 g/mol. The van der Waals surface area contributed by atoms with E-state index in [4.69, 9.17) is 5.73 Å². The molecular formula is C11H19ClN4S. The second kappa shape index (κ2) is 7.16.